The van der Waals surface area contributed by atoms with Crippen molar-refractivity contribution in [3.05, 3.63) is 78.4 Å². The number of alkyl halides is 3. The van der Waals surface area contributed by atoms with E-state index in [1.807, 2.05) is 47.4 Å². The second-order valence-electron chi connectivity index (χ2n) is 9.44. The Bertz CT molecular complexity index is 1040. The van der Waals surface area contributed by atoms with Crippen molar-refractivity contribution in [2.45, 2.75) is 38.4 Å². The van der Waals surface area contributed by atoms with Gasteiger partial charge in [0.05, 0.1) is 0 Å². The maximum Gasteiger partial charge on any atom is 0.490 e. The number of para-hydroxylation sites is 1. The highest BCUT2D eigenvalue weighted by Crippen LogP contribution is 2.42. The smallest absolute Gasteiger partial charge is 0.489 e. The number of aliphatic carboxylic acids is 1. The predicted octanol–water partition coefficient (Wildman–Crippen LogP) is 5.40. The molecule has 200 valence electrons. The lowest BCUT2D eigenvalue weighted by atomic mass is 9.71. The van der Waals surface area contributed by atoms with Crippen molar-refractivity contribution in [3.63, 3.8) is 0 Å². The largest absolute Gasteiger partial charge is 0.490 e. The number of carboxylic acids is 1. The molecule has 2 aliphatic rings. The SMILES string of the molecule is C=CCOc1ccccc1CN1CCC2(CC1)CCN(C(=O)c1ccccc1)CC2.O=C(O)C(F)(F)F. The number of rotatable bonds is 6. The summed E-state index contributed by atoms with van der Waals surface area (Å²) in [5.41, 5.74) is 2.46. The Labute approximate surface area is 215 Å². The first-order valence-electron chi connectivity index (χ1n) is 12.3. The minimum absolute atomic E-state index is 0.180. The number of halogens is 3. The molecule has 0 aromatic heterocycles. The first-order valence-corrected chi connectivity index (χ1v) is 12.3. The third kappa shape index (κ3) is 8.08. The summed E-state index contributed by atoms with van der Waals surface area (Å²) in [5.74, 6) is -1.61. The number of piperidine rings is 2. The van der Waals surface area contributed by atoms with E-state index in [0.717, 1.165) is 56.9 Å². The lowest BCUT2D eigenvalue weighted by Crippen LogP contribution is -2.48. The van der Waals surface area contributed by atoms with E-state index >= 15 is 0 Å². The van der Waals surface area contributed by atoms with E-state index in [-0.39, 0.29) is 5.91 Å². The van der Waals surface area contributed by atoms with E-state index in [4.69, 9.17) is 14.6 Å². The van der Waals surface area contributed by atoms with Gasteiger partial charge in [-0.25, -0.2) is 4.79 Å². The van der Waals surface area contributed by atoms with Crippen LogP contribution >= 0.6 is 0 Å². The highest BCUT2D eigenvalue weighted by Gasteiger charge is 2.39. The van der Waals surface area contributed by atoms with Crippen LogP contribution in [-0.4, -0.2) is 65.7 Å². The maximum absolute atomic E-state index is 12.7. The zero-order valence-electron chi connectivity index (χ0n) is 20.8. The van der Waals surface area contributed by atoms with Gasteiger partial charge in [0.1, 0.15) is 12.4 Å². The first-order chi connectivity index (χ1) is 17.6. The fourth-order valence-electron chi connectivity index (χ4n) is 4.80. The summed E-state index contributed by atoms with van der Waals surface area (Å²) in [6.07, 6.45) is 1.39. The lowest BCUT2D eigenvalue weighted by Gasteiger charge is -2.47. The van der Waals surface area contributed by atoms with Crippen LogP contribution in [-0.2, 0) is 11.3 Å². The normalized spacial score (nSPS) is 17.4. The van der Waals surface area contributed by atoms with Gasteiger partial charge in [-0.3, -0.25) is 9.69 Å². The fraction of sp³-hybridized carbons (Fsp3) is 0.429. The predicted molar refractivity (Wildman–Crippen MR) is 134 cm³/mol. The zero-order valence-corrected chi connectivity index (χ0v) is 20.8. The quantitative estimate of drug-likeness (QED) is 0.519. The Hall–Kier alpha value is -3.33. The molecular formula is C28H33F3N2O4. The molecule has 0 bridgehead atoms. The van der Waals surface area contributed by atoms with Gasteiger partial charge in [-0.2, -0.15) is 13.2 Å². The molecule has 1 amide bonds. The summed E-state index contributed by atoms with van der Waals surface area (Å²) in [6.45, 7) is 9.20. The van der Waals surface area contributed by atoms with Crippen molar-refractivity contribution in [2.75, 3.05) is 32.8 Å². The van der Waals surface area contributed by atoms with E-state index in [1.165, 1.54) is 18.4 Å². The molecule has 2 fully saturated rings. The molecule has 37 heavy (non-hydrogen) atoms. The Morgan fingerprint density at radius 3 is 2.05 bits per heavy atom. The molecular weight excluding hydrogens is 485 g/mol. The van der Waals surface area contributed by atoms with Crippen molar-refractivity contribution in [1.82, 2.24) is 9.80 Å². The van der Waals surface area contributed by atoms with Gasteiger partial charge in [0, 0.05) is 30.8 Å². The van der Waals surface area contributed by atoms with Gasteiger partial charge < -0.3 is 14.7 Å². The summed E-state index contributed by atoms with van der Waals surface area (Å²) < 4.78 is 37.6. The van der Waals surface area contributed by atoms with Crippen LogP contribution in [0.4, 0.5) is 13.2 Å². The van der Waals surface area contributed by atoms with Crippen molar-refractivity contribution < 1.29 is 32.6 Å². The average Bonchev–Trinajstić information content (AvgIpc) is 2.90. The van der Waals surface area contributed by atoms with E-state index < -0.39 is 12.1 Å². The van der Waals surface area contributed by atoms with Gasteiger partial charge in [-0.1, -0.05) is 49.1 Å². The van der Waals surface area contributed by atoms with Crippen molar-refractivity contribution in [3.8, 4) is 5.75 Å². The highest BCUT2D eigenvalue weighted by molar-refractivity contribution is 5.94. The molecule has 2 aromatic rings. The molecule has 0 radical (unpaired) electrons. The number of nitrogens with zero attached hydrogens (tertiary/aromatic N) is 2. The Morgan fingerprint density at radius 1 is 0.946 bits per heavy atom. The molecule has 0 atom stereocenters. The third-order valence-electron chi connectivity index (χ3n) is 7.01. The molecule has 1 spiro atoms. The molecule has 9 heteroatoms. The number of amides is 1. The summed E-state index contributed by atoms with van der Waals surface area (Å²) in [4.78, 5) is 26.2. The molecule has 0 saturated carbocycles. The number of carboxylic acid groups (broad SMARTS) is 1. The Balaban J connectivity index is 0.000000479. The number of ether oxygens (including phenoxy) is 1. The third-order valence-corrected chi connectivity index (χ3v) is 7.01. The van der Waals surface area contributed by atoms with Crippen molar-refractivity contribution in [1.29, 1.82) is 0 Å². The van der Waals surface area contributed by atoms with Gasteiger partial charge in [-0.05, 0) is 62.4 Å². The number of carbonyl (C=O) groups excluding carboxylic acids is 1. The van der Waals surface area contributed by atoms with Crippen LogP contribution < -0.4 is 4.74 Å². The highest BCUT2D eigenvalue weighted by atomic mass is 19.4. The minimum atomic E-state index is -5.08. The van der Waals surface area contributed by atoms with Crippen LogP contribution in [0.3, 0.4) is 0 Å². The van der Waals surface area contributed by atoms with Gasteiger partial charge in [-0.15, -0.1) is 0 Å². The molecule has 2 saturated heterocycles. The van der Waals surface area contributed by atoms with Crippen LogP contribution in [0.5, 0.6) is 5.75 Å². The molecule has 2 aromatic carbocycles. The van der Waals surface area contributed by atoms with Crippen LogP contribution in [0.2, 0.25) is 0 Å². The first kappa shape index (κ1) is 28.2. The van der Waals surface area contributed by atoms with Crippen molar-refractivity contribution >= 4 is 11.9 Å². The molecule has 0 aliphatic carbocycles. The topological polar surface area (TPSA) is 70.1 Å². The van der Waals surface area contributed by atoms with Crippen LogP contribution in [0, 0.1) is 5.41 Å². The standard InChI is InChI=1S/C26H32N2O2.C2HF3O2/c1-2-20-30-24-11-7-6-10-23(24)21-27-16-12-26(13-17-27)14-18-28(19-15-26)25(29)22-8-4-3-5-9-22;3-2(4,5)1(6)7/h2-11H,1,12-21H2;(H,6,7). The fourth-order valence-corrected chi connectivity index (χ4v) is 4.80. The van der Waals surface area contributed by atoms with Crippen molar-refractivity contribution in [2.24, 2.45) is 5.41 Å². The summed E-state index contributed by atoms with van der Waals surface area (Å²) in [5, 5.41) is 7.12. The van der Waals surface area contributed by atoms with Crippen LogP contribution in [0.15, 0.2) is 67.3 Å². The second kappa shape index (κ2) is 12.8. The minimum Gasteiger partial charge on any atom is -0.489 e. The van der Waals surface area contributed by atoms with Gasteiger partial charge in [0.25, 0.3) is 5.91 Å². The van der Waals surface area contributed by atoms with E-state index in [2.05, 4.69) is 23.6 Å². The number of carbonyl (C=O) groups is 2. The Morgan fingerprint density at radius 2 is 1.49 bits per heavy atom. The molecule has 2 aliphatic heterocycles. The maximum atomic E-state index is 12.7. The van der Waals surface area contributed by atoms with E-state index in [9.17, 15) is 18.0 Å². The zero-order chi connectivity index (χ0) is 26.9. The lowest BCUT2D eigenvalue weighted by molar-refractivity contribution is -0.192. The monoisotopic (exact) mass is 518 g/mol. The van der Waals surface area contributed by atoms with E-state index in [1.54, 1.807) is 6.08 Å². The molecule has 6 nitrogen and oxygen atoms in total. The summed E-state index contributed by atoms with van der Waals surface area (Å²) >= 11 is 0. The molecule has 2 heterocycles. The van der Waals surface area contributed by atoms with Gasteiger partial charge >= 0.3 is 12.1 Å². The molecule has 0 unspecified atom stereocenters. The number of hydrogen-bond acceptors (Lipinski definition) is 4. The van der Waals surface area contributed by atoms with Crippen LogP contribution in [0.25, 0.3) is 0 Å². The van der Waals surface area contributed by atoms with Gasteiger partial charge in [0.2, 0.25) is 0 Å². The summed E-state index contributed by atoms with van der Waals surface area (Å²) in [6, 6.07) is 18.0. The summed E-state index contributed by atoms with van der Waals surface area (Å²) in [7, 11) is 0. The van der Waals surface area contributed by atoms with Gasteiger partial charge in [0.15, 0.2) is 0 Å². The second-order valence-corrected chi connectivity index (χ2v) is 9.44. The number of benzene rings is 2. The number of likely N-dealkylation sites (tertiary alicyclic amines) is 2. The molecule has 4 rings (SSSR count). The Kier molecular flexibility index (Phi) is 9.74. The number of hydrogen-bond donors (Lipinski definition) is 1. The molecule has 1 N–H and O–H groups in total. The van der Waals surface area contributed by atoms with Crippen LogP contribution in [0.1, 0.15) is 41.6 Å². The average molecular weight is 519 g/mol. The van der Waals surface area contributed by atoms with E-state index in [0.29, 0.717) is 12.0 Å².